The molecule has 1 heterocycles. The van der Waals surface area contributed by atoms with Gasteiger partial charge in [0.05, 0.1) is 7.11 Å². The summed E-state index contributed by atoms with van der Waals surface area (Å²) in [6.07, 6.45) is 1.79. The molecule has 0 bridgehead atoms. The zero-order valence-electron chi connectivity index (χ0n) is 17.8. The Labute approximate surface area is 182 Å². The molecule has 0 unspecified atom stereocenters. The Morgan fingerprint density at radius 3 is 2.50 bits per heavy atom. The highest BCUT2D eigenvalue weighted by Crippen LogP contribution is 2.24. The summed E-state index contributed by atoms with van der Waals surface area (Å²) in [5, 5.41) is 5.22. The van der Waals surface area contributed by atoms with Crippen LogP contribution in [-0.2, 0) is 6.54 Å². The third kappa shape index (κ3) is 5.40. The van der Waals surface area contributed by atoms with Gasteiger partial charge in [-0.15, -0.1) is 0 Å². The topological polar surface area (TPSA) is 50.6 Å². The predicted octanol–water partition coefficient (Wildman–Crippen LogP) is 4.05. The minimum absolute atomic E-state index is 0.114. The fourth-order valence-corrected chi connectivity index (χ4v) is 3.22. The number of ether oxygens (including phenoxy) is 1. The molecule has 0 spiro atoms. The second kappa shape index (κ2) is 9.78. The first-order valence-corrected chi connectivity index (χ1v) is 10.1. The summed E-state index contributed by atoms with van der Waals surface area (Å²) >= 11 is 6.00. The number of likely N-dealkylation sites (N-methyl/N-ethyl adjacent to an activating group) is 1. The maximum absolute atomic E-state index is 13.3. The zero-order chi connectivity index (χ0) is 21.7. The van der Waals surface area contributed by atoms with Gasteiger partial charge in [0, 0.05) is 30.9 Å². The van der Waals surface area contributed by atoms with Crippen molar-refractivity contribution in [1.82, 2.24) is 19.6 Å². The lowest BCUT2D eigenvalue weighted by Crippen LogP contribution is -2.36. The number of benzene rings is 2. The van der Waals surface area contributed by atoms with Crippen LogP contribution < -0.4 is 4.74 Å². The first-order valence-electron chi connectivity index (χ1n) is 9.76. The van der Waals surface area contributed by atoms with E-state index in [4.69, 9.17) is 16.3 Å². The van der Waals surface area contributed by atoms with E-state index in [0.29, 0.717) is 29.6 Å². The lowest BCUT2D eigenvalue weighted by molar-refractivity contribution is 0.0725. The molecule has 0 aliphatic carbocycles. The highest BCUT2D eigenvalue weighted by molar-refractivity contribution is 6.30. The van der Waals surface area contributed by atoms with Gasteiger partial charge in [-0.1, -0.05) is 29.8 Å². The Morgan fingerprint density at radius 2 is 1.83 bits per heavy atom. The molecule has 3 aromatic rings. The third-order valence-electron chi connectivity index (χ3n) is 4.78. The molecule has 1 amide bonds. The molecule has 158 valence electrons. The largest absolute Gasteiger partial charge is 0.494 e. The molecule has 7 heteroatoms. The molecular formula is C23H27ClN4O2. The fraction of sp³-hybridized carbons (Fsp3) is 0.304. The van der Waals surface area contributed by atoms with Crippen LogP contribution >= 0.6 is 11.6 Å². The number of nitrogens with zero attached hydrogens (tertiary/aromatic N) is 4. The Hall–Kier alpha value is -2.83. The second-order valence-corrected chi connectivity index (χ2v) is 7.91. The van der Waals surface area contributed by atoms with Gasteiger partial charge in [0.2, 0.25) is 0 Å². The number of halogens is 1. The van der Waals surface area contributed by atoms with Crippen molar-refractivity contribution in [1.29, 1.82) is 0 Å². The lowest BCUT2D eigenvalue weighted by atomic mass is 10.2. The highest BCUT2D eigenvalue weighted by atomic mass is 35.5. The van der Waals surface area contributed by atoms with Gasteiger partial charge in [0.15, 0.2) is 5.69 Å². The SMILES string of the molecule is COc1ccc(C)cc1-n1ccc(C(=O)N(CCN(C)C)Cc2ccc(Cl)cc2)n1. The summed E-state index contributed by atoms with van der Waals surface area (Å²) in [6, 6.07) is 15.2. The van der Waals surface area contributed by atoms with Crippen LogP contribution in [0.3, 0.4) is 0 Å². The van der Waals surface area contributed by atoms with Crippen LogP contribution in [0.5, 0.6) is 5.75 Å². The van der Waals surface area contributed by atoms with Crippen molar-refractivity contribution in [2.45, 2.75) is 13.5 Å². The highest BCUT2D eigenvalue weighted by Gasteiger charge is 2.20. The smallest absolute Gasteiger partial charge is 0.274 e. The Balaban J connectivity index is 1.85. The van der Waals surface area contributed by atoms with Crippen LogP contribution in [0.15, 0.2) is 54.7 Å². The van der Waals surface area contributed by atoms with E-state index in [-0.39, 0.29) is 5.91 Å². The maximum atomic E-state index is 13.3. The third-order valence-corrected chi connectivity index (χ3v) is 5.03. The summed E-state index contributed by atoms with van der Waals surface area (Å²) in [5.74, 6) is 0.588. The summed E-state index contributed by atoms with van der Waals surface area (Å²) in [4.78, 5) is 17.1. The molecule has 0 saturated heterocycles. The van der Waals surface area contributed by atoms with E-state index in [1.165, 1.54) is 0 Å². The number of aryl methyl sites for hydroxylation is 1. The van der Waals surface area contributed by atoms with E-state index in [9.17, 15) is 4.79 Å². The van der Waals surface area contributed by atoms with E-state index in [1.807, 2.05) is 68.4 Å². The van der Waals surface area contributed by atoms with Gasteiger partial charge in [-0.05, 0) is 62.5 Å². The number of aromatic nitrogens is 2. The number of hydrogen-bond acceptors (Lipinski definition) is 4. The van der Waals surface area contributed by atoms with E-state index in [1.54, 1.807) is 24.1 Å². The molecule has 6 nitrogen and oxygen atoms in total. The molecule has 2 aromatic carbocycles. The number of amides is 1. The summed E-state index contributed by atoms with van der Waals surface area (Å²) in [6.45, 7) is 3.85. The van der Waals surface area contributed by atoms with Crippen molar-refractivity contribution in [3.63, 3.8) is 0 Å². The van der Waals surface area contributed by atoms with Gasteiger partial charge in [-0.25, -0.2) is 4.68 Å². The van der Waals surface area contributed by atoms with Gasteiger partial charge < -0.3 is 14.5 Å². The van der Waals surface area contributed by atoms with Gasteiger partial charge in [0.25, 0.3) is 5.91 Å². The van der Waals surface area contributed by atoms with Crippen molar-refractivity contribution in [2.24, 2.45) is 0 Å². The van der Waals surface area contributed by atoms with Gasteiger partial charge >= 0.3 is 0 Å². The molecule has 0 fully saturated rings. The van der Waals surface area contributed by atoms with Crippen molar-refractivity contribution >= 4 is 17.5 Å². The quantitative estimate of drug-likeness (QED) is 0.545. The molecule has 1 aromatic heterocycles. The summed E-state index contributed by atoms with van der Waals surface area (Å²) in [7, 11) is 5.60. The molecule has 0 atom stereocenters. The molecule has 0 N–H and O–H groups in total. The van der Waals surface area contributed by atoms with E-state index in [2.05, 4.69) is 10.00 Å². The zero-order valence-corrected chi connectivity index (χ0v) is 18.6. The molecule has 0 aliphatic heterocycles. The standard InChI is InChI=1S/C23H27ClN4O2/c1-17-5-10-22(30-4)21(15-17)28-12-11-20(25-28)23(29)27(14-13-26(2)3)16-18-6-8-19(24)9-7-18/h5-12,15H,13-14,16H2,1-4H3. The average Bonchev–Trinajstić information content (AvgIpc) is 3.22. The lowest BCUT2D eigenvalue weighted by Gasteiger charge is -2.24. The van der Waals surface area contributed by atoms with Gasteiger partial charge in [0.1, 0.15) is 11.4 Å². The first kappa shape index (κ1) is 21.9. The monoisotopic (exact) mass is 426 g/mol. The van der Waals surface area contributed by atoms with Crippen LogP contribution in [-0.4, -0.2) is 59.8 Å². The molecular weight excluding hydrogens is 400 g/mol. The molecule has 0 saturated carbocycles. The first-order chi connectivity index (χ1) is 14.4. The fourth-order valence-electron chi connectivity index (χ4n) is 3.10. The van der Waals surface area contributed by atoms with E-state index < -0.39 is 0 Å². The van der Waals surface area contributed by atoms with E-state index >= 15 is 0 Å². The summed E-state index contributed by atoms with van der Waals surface area (Å²) < 4.78 is 7.14. The van der Waals surface area contributed by atoms with E-state index in [0.717, 1.165) is 23.4 Å². The van der Waals surface area contributed by atoms with Crippen LogP contribution in [0.25, 0.3) is 5.69 Å². The van der Waals surface area contributed by atoms with Gasteiger partial charge in [-0.2, -0.15) is 5.10 Å². The maximum Gasteiger partial charge on any atom is 0.274 e. The Kier molecular flexibility index (Phi) is 7.13. The molecule has 3 rings (SSSR count). The molecule has 0 aliphatic rings. The molecule has 30 heavy (non-hydrogen) atoms. The minimum atomic E-state index is -0.114. The summed E-state index contributed by atoms with van der Waals surface area (Å²) in [5.41, 5.74) is 3.30. The van der Waals surface area contributed by atoms with Crippen LogP contribution in [0.4, 0.5) is 0 Å². The molecule has 0 radical (unpaired) electrons. The normalized spacial score (nSPS) is 11.0. The van der Waals surface area contributed by atoms with Crippen molar-refractivity contribution in [2.75, 3.05) is 34.3 Å². The predicted molar refractivity (Wildman–Crippen MR) is 120 cm³/mol. The van der Waals surface area contributed by atoms with Gasteiger partial charge in [-0.3, -0.25) is 4.79 Å². The Bertz CT molecular complexity index is 999. The van der Waals surface area contributed by atoms with Crippen LogP contribution in [0.2, 0.25) is 5.02 Å². The minimum Gasteiger partial charge on any atom is -0.494 e. The average molecular weight is 427 g/mol. The number of methoxy groups -OCH3 is 1. The number of rotatable bonds is 8. The van der Waals surface area contributed by atoms with Crippen LogP contribution in [0.1, 0.15) is 21.6 Å². The van der Waals surface area contributed by atoms with Crippen molar-refractivity contribution < 1.29 is 9.53 Å². The second-order valence-electron chi connectivity index (χ2n) is 7.48. The van der Waals surface area contributed by atoms with Crippen LogP contribution in [0, 0.1) is 6.92 Å². The number of carbonyl (C=O) groups is 1. The van der Waals surface area contributed by atoms with Crippen molar-refractivity contribution in [3.05, 3.63) is 76.6 Å². The number of hydrogen-bond donors (Lipinski definition) is 0. The van der Waals surface area contributed by atoms with Crippen molar-refractivity contribution in [3.8, 4) is 11.4 Å². The Morgan fingerprint density at radius 1 is 1.10 bits per heavy atom. The number of carbonyl (C=O) groups excluding carboxylic acids is 1.